The van der Waals surface area contributed by atoms with E-state index in [1.165, 1.54) is 7.11 Å². The molecule has 8 heteroatoms. The fourth-order valence-corrected chi connectivity index (χ4v) is 5.32. The number of nitrogens with one attached hydrogen (secondary N) is 2. The van der Waals surface area contributed by atoms with Crippen molar-refractivity contribution in [3.05, 3.63) is 59.7 Å². The van der Waals surface area contributed by atoms with Gasteiger partial charge < -0.3 is 20.1 Å². The van der Waals surface area contributed by atoms with Crippen LogP contribution in [0.15, 0.2) is 48.5 Å². The molecule has 2 aliphatic rings. The Morgan fingerprint density at radius 3 is 2.24 bits per heavy atom. The van der Waals surface area contributed by atoms with Gasteiger partial charge in [0.25, 0.3) is 0 Å². The van der Waals surface area contributed by atoms with Crippen LogP contribution in [0.25, 0.3) is 0 Å². The van der Waals surface area contributed by atoms with Gasteiger partial charge in [-0.25, -0.2) is 14.1 Å². The summed E-state index contributed by atoms with van der Waals surface area (Å²) in [5, 5.41) is 5.70. The standard InChI is InChI=1S/C29H37N3O5/c1-21-7-3-4-8-26(21)31-29(35)30-24-13-9-22(10-14-24)19-27(33)32(17-5-6-18-32)20-37-25-15-11-23(12-16-25)28(34)36-2/h3-4,7-10,13-14,23,25H,5-6,11-12,15-20H2,1-2H3,(H-,30,31,35)/p+1. The third-order valence-electron chi connectivity index (χ3n) is 7.68. The quantitative estimate of drug-likeness (QED) is 0.386. The number of likely N-dealkylation sites (tertiary alicyclic amines) is 1. The van der Waals surface area contributed by atoms with Gasteiger partial charge >= 0.3 is 17.9 Å². The van der Waals surface area contributed by atoms with Crippen LogP contribution in [0, 0.1) is 12.8 Å². The lowest BCUT2D eigenvalue weighted by Crippen LogP contribution is -2.53. The smallest absolute Gasteiger partial charge is 0.323 e. The van der Waals surface area contributed by atoms with Gasteiger partial charge in [-0.1, -0.05) is 30.3 Å². The Bertz CT molecular complexity index is 1090. The van der Waals surface area contributed by atoms with E-state index in [-0.39, 0.29) is 29.9 Å². The molecule has 2 aromatic carbocycles. The summed E-state index contributed by atoms with van der Waals surface area (Å²) in [7, 11) is 1.44. The Morgan fingerprint density at radius 2 is 1.59 bits per heavy atom. The maximum atomic E-state index is 13.4. The molecule has 0 unspecified atom stereocenters. The maximum Gasteiger partial charge on any atom is 0.323 e. The molecular weight excluding hydrogens is 470 g/mol. The van der Waals surface area contributed by atoms with E-state index in [1.807, 2.05) is 55.5 Å². The van der Waals surface area contributed by atoms with Crippen molar-refractivity contribution in [2.24, 2.45) is 5.92 Å². The maximum absolute atomic E-state index is 13.4. The molecule has 37 heavy (non-hydrogen) atoms. The number of aryl methyl sites for hydroxylation is 1. The highest BCUT2D eigenvalue weighted by molar-refractivity contribution is 6.00. The largest absolute Gasteiger partial charge is 0.469 e. The summed E-state index contributed by atoms with van der Waals surface area (Å²) < 4.78 is 11.5. The average molecular weight is 509 g/mol. The third kappa shape index (κ3) is 6.96. The minimum absolute atomic E-state index is 0.0348. The topological polar surface area (TPSA) is 93.7 Å². The number of carbonyl (C=O) groups is 3. The number of benzene rings is 2. The van der Waals surface area contributed by atoms with E-state index in [0.29, 0.717) is 23.3 Å². The second-order valence-electron chi connectivity index (χ2n) is 10.3. The lowest BCUT2D eigenvalue weighted by atomic mass is 9.87. The predicted molar refractivity (Wildman–Crippen MR) is 142 cm³/mol. The molecule has 1 saturated carbocycles. The molecule has 3 amide bonds. The number of hydrogen-bond donors (Lipinski definition) is 2. The molecule has 2 aromatic rings. The Hall–Kier alpha value is -3.23. The van der Waals surface area contributed by atoms with E-state index in [4.69, 9.17) is 9.47 Å². The van der Waals surface area contributed by atoms with Crippen LogP contribution in [0.3, 0.4) is 0 Å². The molecule has 1 saturated heterocycles. The monoisotopic (exact) mass is 508 g/mol. The number of carbonyl (C=O) groups excluding carboxylic acids is 3. The minimum Gasteiger partial charge on any atom is -0.469 e. The van der Waals surface area contributed by atoms with Crippen LogP contribution in [0.5, 0.6) is 0 Å². The highest BCUT2D eigenvalue weighted by Crippen LogP contribution is 2.29. The van der Waals surface area contributed by atoms with Gasteiger partial charge in [-0.2, -0.15) is 0 Å². The van der Waals surface area contributed by atoms with Crippen LogP contribution < -0.4 is 10.6 Å². The zero-order valence-electron chi connectivity index (χ0n) is 21.8. The molecule has 1 aliphatic heterocycles. The summed E-state index contributed by atoms with van der Waals surface area (Å²) >= 11 is 0. The normalized spacial score (nSPS) is 20.7. The zero-order valence-corrected chi connectivity index (χ0v) is 21.8. The second kappa shape index (κ2) is 12.3. The fraction of sp³-hybridized carbons (Fsp3) is 0.483. The number of urea groups is 1. The van der Waals surface area contributed by atoms with Crippen molar-refractivity contribution >= 4 is 29.3 Å². The van der Waals surface area contributed by atoms with Gasteiger partial charge in [-0.15, -0.1) is 0 Å². The van der Waals surface area contributed by atoms with Crippen LogP contribution in [0.2, 0.25) is 0 Å². The second-order valence-corrected chi connectivity index (χ2v) is 10.3. The summed E-state index contributed by atoms with van der Waals surface area (Å²) in [5.74, 6) is -0.00373. The molecule has 8 nitrogen and oxygen atoms in total. The van der Waals surface area contributed by atoms with E-state index in [0.717, 1.165) is 68.4 Å². The Labute approximate surface area is 218 Å². The summed E-state index contributed by atoms with van der Waals surface area (Å²) in [6.07, 6.45) is 5.63. The molecule has 2 fully saturated rings. The number of quaternary nitrogens is 1. The molecule has 0 radical (unpaired) electrons. The highest BCUT2D eigenvalue weighted by Gasteiger charge is 2.41. The molecule has 0 bridgehead atoms. The summed E-state index contributed by atoms with van der Waals surface area (Å²) in [6, 6.07) is 14.7. The van der Waals surface area contributed by atoms with Gasteiger partial charge in [0.05, 0.1) is 38.6 Å². The molecular formula is C29H38N3O5+. The molecule has 0 spiro atoms. The Morgan fingerprint density at radius 1 is 0.919 bits per heavy atom. The molecule has 1 aliphatic carbocycles. The number of rotatable bonds is 8. The lowest BCUT2D eigenvalue weighted by Gasteiger charge is -2.34. The van der Waals surface area contributed by atoms with Crippen LogP contribution in [0.1, 0.15) is 49.7 Å². The number of hydrogen-bond acceptors (Lipinski definition) is 5. The van der Waals surface area contributed by atoms with E-state index in [2.05, 4.69) is 10.6 Å². The average Bonchev–Trinajstić information content (AvgIpc) is 3.40. The van der Waals surface area contributed by atoms with Crippen molar-refractivity contribution in [2.45, 2.75) is 58.0 Å². The number of para-hydroxylation sites is 1. The zero-order chi connectivity index (χ0) is 26.3. The van der Waals surface area contributed by atoms with E-state index in [1.54, 1.807) is 0 Å². The molecule has 4 rings (SSSR count). The van der Waals surface area contributed by atoms with E-state index < -0.39 is 0 Å². The summed E-state index contributed by atoms with van der Waals surface area (Å²) in [6.45, 7) is 3.94. The van der Waals surface area contributed by atoms with Crippen molar-refractivity contribution in [1.82, 2.24) is 0 Å². The molecule has 2 N–H and O–H groups in total. The fourth-order valence-electron chi connectivity index (χ4n) is 5.32. The van der Waals surface area contributed by atoms with Crippen molar-refractivity contribution in [3.63, 3.8) is 0 Å². The Kier molecular flexibility index (Phi) is 8.95. The summed E-state index contributed by atoms with van der Waals surface area (Å²) in [5.41, 5.74) is 3.33. The van der Waals surface area contributed by atoms with Gasteiger partial charge in [0.1, 0.15) is 0 Å². The van der Waals surface area contributed by atoms with Gasteiger partial charge in [0.2, 0.25) is 0 Å². The first-order valence-electron chi connectivity index (χ1n) is 13.2. The van der Waals surface area contributed by atoms with Gasteiger partial charge in [-0.05, 0) is 61.9 Å². The first-order valence-corrected chi connectivity index (χ1v) is 13.2. The van der Waals surface area contributed by atoms with Crippen LogP contribution in [-0.4, -0.2) is 55.4 Å². The van der Waals surface area contributed by atoms with Gasteiger partial charge in [0.15, 0.2) is 6.73 Å². The van der Waals surface area contributed by atoms with Crippen LogP contribution in [0.4, 0.5) is 16.2 Å². The van der Waals surface area contributed by atoms with Crippen molar-refractivity contribution in [3.8, 4) is 0 Å². The Balaban J connectivity index is 1.28. The first-order chi connectivity index (χ1) is 17.9. The molecule has 0 aromatic heterocycles. The predicted octanol–water partition coefficient (Wildman–Crippen LogP) is 5.02. The number of esters is 1. The molecule has 1 heterocycles. The number of amides is 3. The number of ether oxygens (including phenoxy) is 2. The number of methoxy groups -OCH3 is 1. The third-order valence-corrected chi connectivity index (χ3v) is 7.68. The molecule has 0 atom stereocenters. The van der Waals surface area contributed by atoms with E-state index >= 15 is 0 Å². The number of anilines is 2. The van der Waals surface area contributed by atoms with Gasteiger partial charge in [0, 0.05) is 24.2 Å². The van der Waals surface area contributed by atoms with Crippen LogP contribution in [-0.2, 0) is 25.5 Å². The lowest BCUT2D eigenvalue weighted by molar-refractivity contribution is -0.864. The first kappa shape index (κ1) is 26.8. The van der Waals surface area contributed by atoms with Crippen molar-refractivity contribution in [1.29, 1.82) is 0 Å². The van der Waals surface area contributed by atoms with Crippen molar-refractivity contribution in [2.75, 3.05) is 37.6 Å². The van der Waals surface area contributed by atoms with Crippen molar-refractivity contribution < 1.29 is 28.3 Å². The SMILES string of the molecule is COC(=O)C1CCC(OC[N+]2(C(=O)Cc3ccc(NC(=O)Nc4ccccc4C)cc3)CCCC2)CC1. The van der Waals surface area contributed by atoms with Crippen LogP contribution >= 0.6 is 0 Å². The van der Waals surface area contributed by atoms with E-state index in [9.17, 15) is 14.4 Å². The van der Waals surface area contributed by atoms with Gasteiger partial charge in [-0.3, -0.25) is 4.79 Å². The minimum atomic E-state index is -0.308. The highest BCUT2D eigenvalue weighted by atomic mass is 16.5. The summed E-state index contributed by atoms with van der Waals surface area (Å²) in [4.78, 5) is 37.6. The number of nitrogens with zero attached hydrogens (tertiary/aromatic N) is 1. The molecule has 198 valence electrons.